The summed E-state index contributed by atoms with van der Waals surface area (Å²) in [6, 6.07) is 0. The standard InChI is InChI=1S/C4N2O4.Na/c5-1-9-3(7)4(8)10-2-6;. The number of carbonyl (C=O) groups excluding carboxylic acids is 2. The maximum atomic E-state index is 10.1. The number of nitriles is 2. The second-order valence-electron chi connectivity index (χ2n) is 0.962. The van der Waals surface area contributed by atoms with Crippen molar-refractivity contribution in [2.45, 2.75) is 0 Å². The monoisotopic (exact) mass is 163 g/mol. The van der Waals surface area contributed by atoms with Crippen LogP contribution in [0.3, 0.4) is 0 Å². The van der Waals surface area contributed by atoms with E-state index >= 15 is 0 Å². The van der Waals surface area contributed by atoms with Gasteiger partial charge in [0.25, 0.3) is 12.5 Å². The van der Waals surface area contributed by atoms with Crippen LogP contribution >= 0.6 is 0 Å². The summed E-state index contributed by atoms with van der Waals surface area (Å²) in [5.41, 5.74) is 0. The summed E-state index contributed by atoms with van der Waals surface area (Å²) in [7, 11) is 0. The van der Waals surface area contributed by atoms with Gasteiger partial charge in [0.15, 0.2) is 0 Å². The van der Waals surface area contributed by atoms with E-state index in [1.807, 2.05) is 0 Å². The number of hydrogen-bond donors (Lipinski definition) is 0. The van der Waals surface area contributed by atoms with E-state index in [9.17, 15) is 9.59 Å². The van der Waals surface area contributed by atoms with Crippen LogP contribution in [0.4, 0.5) is 0 Å². The summed E-state index contributed by atoms with van der Waals surface area (Å²) >= 11 is 0. The van der Waals surface area contributed by atoms with E-state index < -0.39 is 11.9 Å². The number of esters is 2. The molecule has 0 heterocycles. The molecule has 0 aliphatic heterocycles. The van der Waals surface area contributed by atoms with Crippen LogP contribution in [0.1, 0.15) is 0 Å². The van der Waals surface area contributed by atoms with E-state index in [2.05, 4.69) is 9.47 Å². The topological polar surface area (TPSA) is 100 Å². The molecule has 0 aromatic carbocycles. The van der Waals surface area contributed by atoms with Gasteiger partial charge >= 0.3 is 11.9 Å². The molecule has 0 N–H and O–H groups in total. The molecule has 0 aromatic rings. The van der Waals surface area contributed by atoms with Crippen LogP contribution in [0.5, 0.6) is 0 Å². The van der Waals surface area contributed by atoms with Crippen molar-refractivity contribution in [2.75, 3.05) is 0 Å². The first-order valence-corrected chi connectivity index (χ1v) is 1.92. The van der Waals surface area contributed by atoms with Gasteiger partial charge in [-0.25, -0.2) is 9.59 Å². The molecule has 0 amide bonds. The Labute approximate surface area is 83.6 Å². The molecule has 0 spiro atoms. The summed E-state index contributed by atoms with van der Waals surface area (Å²) < 4.78 is 6.99. The normalized spacial score (nSPS) is 6.00. The predicted molar refractivity (Wildman–Crippen MR) is 29.2 cm³/mol. The molecule has 0 atom stereocenters. The summed E-state index contributed by atoms with van der Waals surface area (Å²) in [4.78, 5) is 20.1. The third-order valence-corrected chi connectivity index (χ3v) is 0.443. The van der Waals surface area contributed by atoms with Gasteiger partial charge in [-0.05, 0) is 0 Å². The molecule has 0 unspecified atom stereocenters. The maximum absolute atomic E-state index is 10.1. The van der Waals surface area contributed by atoms with Crippen molar-refractivity contribution in [3.63, 3.8) is 0 Å². The number of carbonyl (C=O) groups is 2. The summed E-state index contributed by atoms with van der Waals surface area (Å²) in [6.07, 6.45) is 1.89. The molecule has 0 aliphatic rings. The Bertz CT molecular complexity index is 211. The maximum Gasteiger partial charge on any atom is 0.434 e. The Hall–Kier alpha value is -1.08. The third kappa shape index (κ3) is 5.37. The molecule has 7 heteroatoms. The first kappa shape index (κ1) is 12.6. The van der Waals surface area contributed by atoms with Gasteiger partial charge in [-0.2, -0.15) is 0 Å². The van der Waals surface area contributed by atoms with Crippen molar-refractivity contribution in [1.29, 1.82) is 10.5 Å². The number of nitrogens with zero attached hydrogens (tertiary/aromatic N) is 2. The van der Waals surface area contributed by atoms with Gasteiger partial charge < -0.3 is 9.47 Å². The molecule has 1 radical (unpaired) electrons. The van der Waals surface area contributed by atoms with Crippen LogP contribution in [0.15, 0.2) is 0 Å². The van der Waals surface area contributed by atoms with E-state index in [4.69, 9.17) is 10.5 Å². The Morgan fingerprint density at radius 2 is 1.27 bits per heavy atom. The van der Waals surface area contributed by atoms with Crippen LogP contribution in [0, 0.1) is 23.0 Å². The molecule has 0 fully saturated rings. The van der Waals surface area contributed by atoms with E-state index in [0.29, 0.717) is 0 Å². The van der Waals surface area contributed by atoms with Crippen LogP contribution in [0.2, 0.25) is 0 Å². The van der Waals surface area contributed by atoms with Gasteiger partial charge in [0.2, 0.25) is 0 Å². The summed E-state index contributed by atoms with van der Waals surface area (Å²) in [5, 5.41) is 15.3. The SMILES string of the molecule is N#COC(=O)C(=O)OC#N.[Na]. The Kier molecular flexibility index (Phi) is 8.04. The van der Waals surface area contributed by atoms with Crippen molar-refractivity contribution in [3.8, 4) is 12.5 Å². The number of hydrogen-bond acceptors (Lipinski definition) is 6. The van der Waals surface area contributed by atoms with Crippen molar-refractivity contribution in [2.24, 2.45) is 0 Å². The van der Waals surface area contributed by atoms with Crippen LogP contribution in [-0.2, 0) is 19.1 Å². The Morgan fingerprint density at radius 1 is 1.00 bits per heavy atom. The fraction of sp³-hybridized carbons (Fsp3) is 0. The van der Waals surface area contributed by atoms with Crippen molar-refractivity contribution >= 4 is 41.5 Å². The zero-order valence-electron chi connectivity index (χ0n) is 5.53. The second kappa shape index (κ2) is 7.03. The molecule has 11 heavy (non-hydrogen) atoms. The molecular weight excluding hydrogens is 163 g/mol. The van der Waals surface area contributed by atoms with Gasteiger partial charge in [0.1, 0.15) is 0 Å². The molecular formula is C4N2NaO4. The second-order valence-corrected chi connectivity index (χ2v) is 0.962. The number of ether oxygens (including phenoxy) is 2. The minimum absolute atomic E-state index is 0. The van der Waals surface area contributed by atoms with E-state index in [-0.39, 0.29) is 29.6 Å². The van der Waals surface area contributed by atoms with Gasteiger partial charge in [-0.1, -0.05) is 0 Å². The Morgan fingerprint density at radius 3 is 1.45 bits per heavy atom. The largest absolute Gasteiger partial charge is 0.434 e. The van der Waals surface area contributed by atoms with Gasteiger partial charge in [0, 0.05) is 29.6 Å². The molecule has 0 rings (SSSR count). The van der Waals surface area contributed by atoms with Crippen LogP contribution < -0.4 is 0 Å². The smallest absolute Gasteiger partial charge is 0.342 e. The third-order valence-electron chi connectivity index (χ3n) is 0.443. The summed E-state index contributed by atoms with van der Waals surface area (Å²) in [5.74, 6) is -3.02. The van der Waals surface area contributed by atoms with E-state index in [0.717, 1.165) is 12.5 Å². The fourth-order valence-electron chi connectivity index (χ4n) is 0.166. The first-order valence-electron chi connectivity index (χ1n) is 1.92. The van der Waals surface area contributed by atoms with Crippen molar-refractivity contribution < 1.29 is 19.1 Å². The van der Waals surface area contributed by atoms with Crippen LogP contribution in [0.25, 0.3) is 0 Å². The van der Waals surface area contributed by atoms with Crippen molar-refractivity contribution in [3.05, 3.63) is 0 Å². The zero-order valence-corrected chi connectivity index (χ0v) is 7.53. The summed E-state index contributed by atoms with van der Waals surface area (Å²) in [6.45, 7) is 0. The predicted octanol–water partition coefficient (Wildman–Crippen LogP) is -1.35. The molecule has 0 saturated heterocycles. The quantitative estimate of drug-likeness (QED) is 0.189. The minimum Gasteiger partial charge on any atom is -0.342 e. The molecule has 51 valence electrons. The van der Waals surface area contributed by atoms with Crippen molar-refractivity contribution in [1.82, 2.24) is 0 Å². The molecule has 6 nitrogen and oxygen atoms in total. The Balaban J connectivity index is 0. The molecule has 0 aliphatic carbocycles. The van der Waals surface area contributed by atoms with E-state index in [1.165, 1.54) is 0 Å². The molecule has 0 saturated carbocycles. The van der Waals surface area contributed by atoms with E-state index in [1.54, 1.807) is 0 Å². The van der Waals surface area contributed by atoms with Gasteiger partial charge in [0.05, 0.1) is 0 Å². The number of rotatable bonds is 0. The fourth-order valence-corrected chi connectivity index (χ4v) is 0.166. The minimum atomic E-state index is -1.51. The van der Waals surface area contributed by atoms with Crippen LogP contribution in [-0.4, -0.2) is 41.5 Å². The first-order chi connectivity index (χ1) is 4.72. The van der Waals surface area contributed by atoms with Gasteiger partial charge in [-0.3, -0.25) is 0 Å². The van der Waals surface area contributed by atoms with Gasteiger partial charge in [-0.15, -0.1) is 10.5 Å². The average molecular weight is 163 g/mol. The zero-order chi connectivity index (χ0) is 7.98. The molecule has 0 bridgehead atoms. The average Bonchev–Trinajstić information content (AvgIpc) is 1.89. The molecule has 0 aromatic heterocycles.